The summed E-state index contributed by atoms with van der Waals surface area (Å²) in [4.78, 5) is 0. The Labute approximate surface area is 147 Å². The van der Waals surface area contributed by atoms with Gasteiger partial charge in [0, 0.05) is 0 Å². The number of benzene rings is 2. The summed E-state index contributed by atoms with van der Waals surface area (Å²) in [5.74, 6) is 2.31. The molecular weight excluding hydrogens is 316 g/mol. The molecule has 0 bridgehead atoms. The average molecular weight is 338 g/mol. The Morgan fingerprint density at radius 3 is 2.56 bits per heavy atom. The Balaban J connectivity index is 1.72. The van der Waals surface area contributed by atoms with E-state index in [1.54, 1.807) is 7.11 Å². The van der Waals surface area contributed by atoms with Crippen molar-refractivity contribution in [3.05, 3.63) is 60.0 Å². The lowest BCUT2D eigenvalue weighted by Crippen LogP contribution is -2.11. The zero-order valence-corrected chi connectivity index (χ0v) is 14.9. The first kappa shape index (κ1) is 17.0. The highest BCUT2D eigenvalue weighted by molar-refractivity contribution is 5.62. The number of ether oxygens (including phenoxy) is 2. The Hall–Kier alpha value is -2.82. The zero-order chi connectivity index (χ0) is 17.9. The summed E-state index contributed by atoms with van der Waals surface area (Å²) < 4.78 is 16.8. The predicted molar refractivity (Wildman–Crippen MR) is 95.8 cm³/mol. The van der Waals surface area contributed by atoms with E-state index < -0.39 is 0 Å². The zero-order valence-electron chi connectivity index (χ0n) is 14.9. The lowest BCUT2D eigenvalue weighted by atomic mass is 9.87. The van der Waals surface area contributed by atoms with Crippen LogP contribution in [0.1, 0.15) is 32.2 Å². The third-order valence-electron chi connectivity index (χ3n) is 3.87. The number of hydrogen-bond donors (Lipinski definition) is 0. The summed E-state index contributed by atoms with van der Waals surface area (Å²) in [5.41, 5.74) is 2.05. The molecule has 0 saturated heterocycles. The highest BCUT2D eigenvalue weighted by atomic mass is 16.5. The van der Waals surface area contributed by atoms with E-state index in [4.69, 9.17) is 13.9 Å². The summed E-state index contributed by atoms with van der Waals surface area (Å²) in [6.45, 7) is 6.73. The molecule has 0 amide bonds. The molecule has 0 radical (unpaired) electrons. The first-order valence-corrected chi connectivity index (χ1v) is 8.16. The Morgan fingerprint density at radius 1 is 1.00 bits per heavy atom. The molecule has 0 saturated carbocycles. The average Bonchev–Trinajstić information content (AvgIpc) is 3.08. The highest BCUT2D eigenvalue weighted by Gasteiger charge is 2.15. The minimum Gasteiger partial charge on any atom is -0.496 e. The van der Waals surface area contributed by atoms with Gasteiger partial charge in [-0.25, -0.2) is 0 Å². The van der Waals surface area contributed by atoms with Crippen LogP contribution in [0.15, 0.2) is 52.9 Å². The van der Waals surface area contributed by atoms with Gasteiger partial charge in [-0.1, -0.05) is 45.0 Å². The van der Waals surface area contributed by atoms with Gasteiger partial charge in [-0.2, -0.15) is 0 Å². The van der Waals surface area contributed by atoms with E-state index in [1.165, 1.54) is 5.56 Å². The van der Waals surface area contributed by atoms with Crippen LogP contribution in [0.5, 0.6) is 11.5 Å². The molecule has 1 heterocycles. The standard InChI is InChI=1S/C20H22N2O3/c1-20(2,3)14-8-7-9-15(12-14)24-13-18-21-22-19(25-18)16-10-5-6-11-17(16)23-4/h5-12H,13H2,1-4H3. The number of methoxy groups -OCH3 is 1. The Kier molecular flexibility index (Phi) is 4.74. The first-order valence-electron chi connectivity index (χ1n) is 8.16. The van der Waals surface area contributed by atoms with Crippen molar-refractivity contribution in [3.63, 3.8) is 0 Å². The molecule has 2 aromatic carbocycles. The number of rotatable bonds is 5. The van der Waals surface area contributed by atoms with Crippen molar-refractivity contribution < 1.29 is 13.9 Å². The first-order chi connectivity index (χ1) is 12.0. The number of aromatic nitrogens is 2. The number of para-hydroxylation sites is 1. The van der Waals surface area contributed by atoms with Gasteiger partial charge in [0.05, 0.1) is 12.7 Å². The smallest absolute Gasteiger partial charge is 0.254 e. The third-order valence-corrected chi connectivity index (χ3v) is 3.87. The second-order valence-corrected chi connectivity index (χ2v) is 6.77. The molecule has 0 aliphatic heterocycles. The second kappa shape index (κ2) is 6.97. The van der Waals surface area contributed by atoms with Gasteiger partial charge in [0.2, 0.25) is 0 Å². The van der Waals surface area contributed by atoms with Gasteiger partial charge in [0.25, 0.3) is 11.8 Å². The van der Waals surface area contributed by atoms with Gasteiger partial charge < -0.3 is 13.9 Å². The third kappa shape index (κ3) is 3.99. The molecule has 5 heteroatoms. The van der Waals surface area contributed by atoms with E-state index in [0.29, 0.717) is 17.5 Å². The largest absolute Gasteiger partial charge is 0.496 e. The van der Waals surface area contributed by atoms with Gasteiger partial charge in [-0.15, -0.1) is 10.2 Å². The van der Waals surface area contributed by atoms with Crippen LogP contribution in [0.3, 0.4) is 0 Å². The second-order valence-electron chi connectivity index (χ2n) is 6.77. The van der Waals surface area contributed by atoms with E-state index >= 15 is 0 Å². The molecule has 0 aliphatic carbocycles. The van der Waals surface area contributed by atoms with E-state index in [1.807, 2.05) is 42.5 Å². The van der Waals surface area contributed by atoms with Crippen molar-refractivity contribution in [2.24, 2.45) is 0 Å². The van der Waals surface area contributed by atoms with E-state index in [-0.39, 0.29) is 12.0 Å². The molecule has 3 aromatic rings. The van der Waals surface area contributed by atoms with E-state index in [9.17, 15) is 0 Å². The van der Waals surface area contributed by atoms with Crippen LogP contribution in [0.2, 0.25) is 0 Å². The normalized spacial score (nSPS) is 11.4. The molecule has 0 fully saturated rings. The van der Waals surface area contributed by atoms with Crippen LogP contribution in [-0.4, -0.2) is 17.3 Å². The summed E-state index contributed by atoms with van der Waals surface area (Å²) in [7, 11) is 1.61. The van der Waals surface area contributed by atoms with Crippen LogP contribution in [0.25, 0.3) is 11.5 Å². The van der Waals surface area contributed by atoms with Crippen molar-refractivity contribution in [2.75, 3.05) is 7.11 Å². The van der Waals surface area contributed by atoms with Crippen LogP contribution >= 0.6 is 0 Å². The lowest BCUT2D eigenvalue weighted by Gasteiger charge is -2.19. The fourth-order valence-corrected chi connectivity index (χ4v) is 2.44. The molecule has 25 heavy (non-hydrogen) atoms. The van der Waals surface area contributed by atoms with Crippen LogP contribution < -0.4 is 9.47 Å². The fourth-order valence-electron chi connectivity index (χ4n) is 2.44. The van der Waals surface area contributed by atoms with Gasteiger partial charge >= 0.3 is 0 Å². The molecule has 5 nitrogen and oxygen atoms in total. The summed E-state index contributed by atoms with van der Waals surface area (Å²) in [6, 6.07) is 15.6. The topological polar surface area (TPSA) is 57.4 Å². The molecule has 0 aliphatic rings. The monoisotopic (exact) mass is 338 g/mol. The fraction of sp³-hybridized carbons (Fsp3) is 0.300. The molecule has 0 atom stereocenters. The summed E-state index contributed by atoms with van der Waals surface area (Å²) in [6.07, 6.45) is 0. The molecule has 3 rings (SSSR count). The van der Waals surface area contributed by atoms with Crippen molar-refractivity contribution in [2.45, 2.75) is 32.8 Å². The van der Waals surface area contributed by atoms with Crippen molar-refractivity contribution >= 4 is 0 Å². The van der Waals surface area contributed by atoms with Crippen LogP contribution in [-0.2, 0) is 12.0 Å². The number of hydrogen-bond acceptors (Lipinski definition) is 5. The predicted octanol–water partition coefficient (Wildman–Crippen LogP) is 4.62. The molecule has 0 unspecified atom stereocenters. The van der Waals surface area contributed by atoms with E-state index in [2.05, 4.69) is 37.0 Å². The van der Waals surface area contributed by atoms with Crippen LogP contribution in [0, 0.1) is 0 Å². The van der Waals surface area contributed by atoms with Crippen molar-refractivity contribution in [3.8, 4) is 23.0 Å². The van der Waals surface area contributed by atoms with Crippen LogP contribution in [0.4, 0.5) is 0 Å². The molecular formula is C20H22N2O3. The summed E-state index contributed by atoms with van der Waals surface area (Å²) in [5, 5.41) is 8.14. The minimum atomic E-state index is 0.0703. The SMILES string of the molecule is COc1ccccc1-c1nnc(COc2cccc(C(C)(C)C)c2)o1. The highest BCUT2D eigenvalue weighted by Crippen LogP contribution is 2.29. The van der Waals surface area contributed by atoms with Crippen molar-refractivity contribution in [1.29, 1.82) is 0 Å². The van der Waals surface area contributed by atoms with Gasteiger partial charge in [0.1, 0.15) is 11.5 Å². The minimum absolute atomic E-state index is 0.0703. The maximum absolute atomic E-state index is 5.81. The maximum Gasteiger partial charge on any atom is 0.254 e. The van der Waals surface area contributed by atoms with Gasteiger partial charge in [-0.3, -0.25) is 0 Å². The Bertz CT molecular complexity index is 850. The molecule has 0 N–H and O–H groups in total. The van der Waals surface area contributed by atoms with Crippen molar-refractivity contribution in [1.82, 2.24) is 10.2 Å². The maximum atomic E-state index is 5.81. The van der Waals surface area contributed by atoms with E-state index in [0.717, 1.165) is 11.3 Å². The quantitative estimate of drug-likeness (QED) is 0.679. The summed E-state index contributed by atoms with van der Waals surface area (Å²) >= 11 is 0. The Morgan fingerprint density at radius 2 is 1.80 bits per heavy atom. The lowest BCUT2D eigenvalue weighted by molar-refractivity contribution is 0.264. The number of nitrogens with zero attached hydrogens (tertiary/aromatic N) is 2. The molecule has 130 valence electrons. The van der Waals surface area contributed by atoms with Gasteiger partial charge in [-0.05, 0) is 35.2 Å². The molecule has 0 spiro atoms. The molecule has 1 aromatic heterocycles. The van der Waals surface area contributed by atoms with Gasteiger partial charge in [0.15, 0.2) is 6.61 Å².